The minimum atomic E-state index is -0.855. The lowest BCUT2D eigenvalue weighted by Gasteiger charge is -2.23. The van der Waals surface area contributed by atoms with Crippen LogP contribution < -0.4 is 9.64 Å². The monoisotopic (exact) mass is 554 g/mol. The molecule has 34 heavy (non-hydrogen) atoms. The van der Waals surface area contributed by atoms with Crippen molar-refractivity contribution in [3.05, 3.63) is 92.9 Å². The Morgan fingerprint density at radius 1 is 1.09 bits per heavy atom. The van der Waals surface area contributed by atoms with Gasteiger partial charge in [-0.3, -0.25) is 14.5 Å². The van der Waals surface area contributed by atoms with Gasteiger partial charge in [0.15, 0.2) is 5.13 Å². The van der Waals surface area contributed by atoms with Gasteiger partial charge in [-0.2, -0.15) is 0 Å². The number of fused-ring (bicyclic) bond motifs is 1. The Bertz CT molecular complexity index is 1460. The zero-order chi connectivity index (χ0) is 24.0. The van der Waals surface area contributed by atoms with Crippen molar-refractivity contribution < 1.29 is 19.4 Å². The van der Waals surface area contributed by atoms with Crippen LogP contribution in [0.5, 0.6) is 5.75 Å². The third-order valence-corrected chi connectivity index (χ3v) is 7.34. The zero-order valence-corrected chi connectivity index (χ0v) is 20.8. The first-order valence-corrected chi connectivity index (χ1v) is 12.1. The molecule has 1 atom stereocenters. The van der Waals surface area contributed by atoms with Gasteiger partial charge in [0.05, 0.1) is 28.9 Å². The number of hydrogen-bond acceptors (Lipinski definition) is 6. The van der Waals surface area contributed by atoms with Crippen LogP contribution in [0.15, 0.2) is 76.8 Å². The van der Waals surface area contributed by atoms with E-state index in [-0.39, 0.29) is 11.3 Å². The highest BCUT2D eigenvalue weighted by Crippen LogP contribution is 2.44. The molecule has 1 N–H and O–H groups in total. The number of aliphatic hydroxyl groups excluding tert-OH is 1. The Labute approximate surface area is 212 Å². The molecule has 5 rings (SSSR count). The summed E-state index contributed by atoms with van der Waals surface area (Å²) < 4.78 is 6.95. The van der Waals surface area contributed by atoms with Crippen molar-refractivity contribution in [2.45, 2.75) is 6.04 Å². The van der Waals surface area contributed by atoms with E-state index < -0.39 is 17.7 Å². The molecule has 0 bridgehead atoms. The quantitative estimate of drug-likeness (QED) is 0.180. The van der Waals surface area contributed by atoms with Crippen LogP contribution in [0.1, 0.15) is 17.2 Å². The first-order chi connectivity index (χ1) is 16.4. The number of anilines is 1. The summed E-state index contributed by atoms with van der Waals surface area (Å²) in [5.41, 5.74) is 1.72. The average Bonchev–Trinajstić information content (AvgIpc) is 3.37. The maximum atomic E-state index is 13.3. The summed E-state index contributed by atoms with van der Waals surface area (Å²) in [5.74, 6) is -1.14. The second-order valence-electron chi connectivity index (χ2n) is 7.56. The first kappa shape index (κ1) is 22.6. The van der Waals surface area contributed by atoms with Crippen LogP contribution in [-0.4, -0.2) is 28.9 Å². The fraction of sp³-hybridized carbons (Fsp3) is 0.0800. The van der Waals surface area contributed by atoms with Gasteiger partial charge in [0, 0.05) is 15.1 Å². The molecular formula is C25H16BrClN2O4S. The topological polar surface area (TPSA) is 79.7 Å². The van der Waals surface area contributed by atoms with E-state index in [4.69, 9.17) is 16.3 Å². The van der Waals surface area contributed by atoms with E-state index in [0.717, 1.165) is 9.17 Å². The number of thiazole rings is 1. The molecule has 3 aromatic carbocycles. The van der Waals surface area contributed by atoms with E-state index in [2.05, 4.69) is 20.9 Å². The lowest BCUT2D eigenvalue weighted by molar-refractivity contribution is -0.132. The normalized spacial score (nSPS) is 17.5. The summed E-state index contributed by atoms with van der Waals surface area (Å²) in [6.45, 7) is 0. The molecule has 6 nitrogen and oxygen atoms in total. The van der Waals surface area contributed by atoms with Crippen LogP contribution in [0.2, 0.25) is 5.02 Å². The number of Topliss-reactive ketones (excluding diaryl/α,β-unsaturated/α-hetero) is 1. The highest BCUT2D eigenvalue weighted by molar-refractivity contribution is 9.10. The second kappa shape index (κ2) is 8.87. The predicted octanol–water partition coefficient (Wildman–Crippen LogP) is 6.35. The van der Waals surface area contributed by atoms with E-state index in [1.54, 1.807) is 55.6 Å². The number of carbonyl (C=O) groups is 2. The number of ether oxygens (including phenoxy) is 1. The first-order valence-electron chi connectivity index (χ1n) is 10.1. The third kappa shape index (κ3) is 3.87. The molecule has 0 spiro atoms. The maximum Gasteiger partial charge on any atom is 0.301 e. The van der Waals surface area contributed by atoms with Crippen molar-refractivity contribution >= 4 is 71.7 Å². The molecule has 0 unspecified atom stereocenters. The van der Waals surface area contributed by atoms with E-state index in [9.17, 15) is 14.7 Å². The molecule has 2 heterocycles. The fourth-order valence-corrected chi connectivity index (χ4v) is 5.29. The van der Waals surface area contributed by atoms with E-state index in [0.29, 0.717) is 32.5 Å². The summed E-state index contributed by atoms with van der Waals surface area (Å²) >= 11 is 10.7. The smallest absolute Gasteiger partial charge is 0.301 e. The van der Waals surface area contributed by atoms with Crippen LogP contribution >= 0.6 is 38.9 Å². The summed E-state index contributed by atoms with van der Waals surface area (Å²) in [7, 11) is 1.58. The standard InChI is InChI=1S/C25H16BrClN2O4S/c1-33-17-10-11-18-19(12-17)34-25(28-18)29-21(13-2-6-15(26)7-3-13)20(23(31)24(29)32)22(30)14-4-8-16(27)9-5-14/h2-12,21,30H,1H3/t21-/m1/s1. The van der Waals surface area contributed by atoms with Gasteiger partial charge < -0.3 is 9.84 Å². The average molecular weight is 556 g/mol. The number of benzene rings is 3. The molecule has 4 aromatic rings. The summed E-state index contributed by atoms with van der Waals surface area (Å²) in [6.07, 6.45) is 0. The van der Waals surface area contributed by atoms with Crippen LogP contribution in [0.4, 0.5) is 5.13 Å². The van der Waals surface area contributed by atoms with Gasteiger partial charge in [-0.25, -0.2) is 4.98 Å². The second-order valence-corrected chi connectivity index (χ2v) is 9.92. The van der Waals surface area contributed by atoms with E-state index in [1.165, 1.54) is 16.2 Å². The number of amides is 1. The van der Waals surface area contributed by atoms with Gasteiger partial charge >= 0.3 is 5.91 Å². The molecule has 1 saturated heterocycles. The minimum Gasteiger partial charge on any atom is -0.507 e. The van der Waals surface area contributed by atoms with Gasteiger partial charge in [-0.15, -0.1) is 0 Å². The van der Waals surface area contributed by atoms with Crippen molar-refractivity contribution in [1.82, 2.24) is 4.98 Å². The molecule has 1 aliphatic rings. The molecule has 1 aliphatic heterocycles. The van der Waals surface area contributed by atoms with Crippen LogP contribution in [0.25, 0.3) is 16.0 Å². The summed E-state index contributed by atoms with van der Waals surface area (Å²) in [6, 6.07) is 18.2. The van der Waals surface area contributed by atoms with E-state index >= 15 is 0 Å². The van der Waals surface area contributed by atoms with Crippen LogP contribution in [0, 0.1) is 0 Å². The molecule has 1 aromatic heterocycles. The van der Waals surface area contributed by atoms with Crippen molar-refractivity contribution in [2.75, 3.05) is 12.0 Å². The number of hydrogen-bond donors (Lipinski definition) is 1. The number of carbonyl (C=O) groups excluding carboxylic acids is 2. The zero-order valence-electron chi connectivity index (χ0n) is 17.7. The number of methoxy groups -OCH3 is 1. The maximum absolute atomic E-state index is 13.3. The van der Waals surface area contributed by atoms with Gasteiger partial charge in [0.25, 0.3) is 5.78 Å². The number of rotatable bonds is 4. The number of halogens is 2. The fourth-order valence-electron chi connectivity index (χ4n) is 3.88. The Morgan fingerprint density at radius 2 is 1.79 bits per heavy atom. The van der Waals surface area contributed by atoms with Gasteiger partial charge in [0.1, 0.15) is 11.5 Å². The molecule has 1 amide bonds. The molecule has 0 radical (unpaired) electrons. The highest BCUT2D eigenvalue weighted by atomic mass is 79.9. The van der Waals surface area contributed by atoms with Gasteiger partial charge in [-0.05, 0) is 60.2 Å². The lowest BCUT2D eigenvalue weighted by Crippen LogP contribution is -2.29. The summed E-state index contributed by atoms with van der Waals surface area (Å²) in [5, 5.41) is 12.0. The molecular weight excluding hydrogens is 540 g/mol. The van der Waals surface area contributed by atoms with Crippen molar-refractivity contribution in [1.29, 1.82) is 0 Å². The Hall–Kier alpha value is -3.20. The van der Waals surface area contributed by atoms with Crippen LogP contribution in [-0.2, 0) is 9.59 Å². The predicted molar refractivity (Wildman–Crippen MR) is 137 cm³/mol. The van der Waals surface area contributed by atoms with Gasteiger partial charge in [-0.1, -0.05) is 51.0 Å². The summed E-state index contributed by atoms with van der Waals surface area (Å²) in [4.78, 5) is 32.5. The van der Waals surface area contributed by atoms with Crippen molar-refractivity contribution in [3.63, 3.8) is 0 Å². The number of ketones is 1. The molecule has 170 valence electrons. The van der Waals surface area contributed by atoms with Crippen molar-refractivity contribution in [3.8, 4) is 5.75 Å². The Kier molecular flexibility index (Phi) is 5.89. The lowest BCUT2D eigenvalue weighted by atomic mass is 9.95. The van der Waals surface area contributed by atoms with Crippen molar-refractivity contribution in [2.24, 2.45) is 0 Å². The molecule has 0 aliphatic carbocycles. The SMILES string of the molecule is COc1ccc2nc(N3C(=O)C(=O)C(=C(O)c4ccc(Cl)cc4)[C@H]3c3ccc(Br)cc3)sc2c1. The molecule has 9 heteroatoms. The van der Waals surface area contributed by atoms with E-state index in [1.807, 2.05) is 18.2 Å². The Balaban J connectivity index is 1.71. The highest BCUT2D eigenvalue weighted by Gasteiger charge is 2.48. The minimum absolute atomic E-state index is 0.00789. The largest absolute Gasteiger partial charge is 0.507 e. The van der Waals surface area contributed by atoms with Gasteiger partial charge in [0.2, 0.25) is 0 Å². The Morgan fingerprint density at radius 3 is 2.47 bits per heavy atom. The molecule has 1 fully saturated rings. The number of nitrogens with zero attached hydrogens (tertiary/aromatic N) is 2. The third-order valence-electron chi connectivity index (χ3n) is 5.54. The number of aromatic nitrogens is 1. The van der Waals surface area contributed by atoms with Crippen LogP contribution in [0.3, 0.4) is 0 Å². The molecule has 0 saturated carbocycles. The number of aliphatic hydroxyl groups is 1.